The fraction of sp³-hybridized carbons (Fsp3) is 0.167. The highest BCUT2D eigenvalue weighted by molar-refractivity contribution is 6.39. The van der Waals surface area contributed by atoms with Crippen LogP contribution < -0.4 is 0 Å². The Morgan fingerprint density at radius 2 is 1.45 bits per heavy atom. The van der Waals surface area contributed by atoms with Gasteiger partial charge in [0.2, 0.25) is 0 Å². The van der Waals surface area contributed by atoms with Crippen molar-refractivity contribution in [3.05, 3.63) is 71.8 Å². The molecule has 0 bridgehead atoms. The Bertz CT molecular complexity index is 663. The third kappa shape index (κ3) is 2.61. The predicted molar refractivity (Wildman–Crippen MR) is 80.9 cm³/mol. The zero-order valence-corrected chi connectivity index (χ0v) is 12.2. The number of ether oxygens (including phenoxy) is 1. The van der Waals surface area contributed by atoms with Crippen LogP contribution >= 0.6 is 0 Å². The van der Waals surface area contributed by atoms with Crippen LogP contribution in [0.2, 0.25) is 0 Å². The molecule has 0 saturated heterocycles. The van der Waals surface area contributed by atoms with E-state index in [2.05, 4.69) is 0 Å². The third-order valence-corrected chi connectivity index (χ3v) is 3.38. The first-order valence-corrected chi connectivity index (χ1v) is 6.90. The van der Waals surface area contributed by atoms with Crippen LogP contribution in [-0.2, 0) is 19.7 Å². The lowest BCUT2D eigenvalue weighted by atomic mass is 9.72. The largest absolute Gasteiger partial charge is 0.460 e. The van der Waals surface area contributed by atoms with E-state index in [0.717, 1.165) is 0 Å². The van der Waals surface area contributed by atoms with Gasteiger partial charge in [-0.05, 0) is 18.1 Å². The number of Topliss-reactive ketones (excluding diaryl/α,β-unsaturated/α-hetero) is 1. The fourth-order valence-corrected chi connectivity index (χ4v) is 2.33. The molecule has 2 aromatic rings. The summed E-state index contributed by atoms with van der Waals surface area (Å²) in [6.45, 7) is 1.69. The maximum atomic E-state index is 12.7. The van der Waals surface area contributed by atoms with Crippen molar-refractivity contribution < 1.29 is 14.3 Å². The Labute approximate surface area is 129 Å². The van der Waals surface area contributed by atoms with Crippen molar-refractivity contribution in [3.63, 3.8) is 0 Å². The van der Waals surface area contributed by atoms with E-state index in [9.17, 15) is 14.9 Å². The molecule has 2 rings (SSSR count). The molecule has 0 saturated carbocycles. The highest BCUT2D eigenvalue weighted by Crippen LogP contribution is 2.33. The summed E-state index contributed by atoms with van der Waals surface area (Å²) in [6.07, 6.45) is 0. The molecule has 22 heavy (non-hydrogen) atoms. The molecule has 110 valence electrons. The third-order valence-electron chi connectivity index (χ3n) is 3.38. The number of esters is 1. The predicted octanol–water partition coefficient (Wildman–Crippen LogP) is 2.63. The number of benzene rings is 2. The normalized spacial score (nSPS) is 10.5. The first-order valence-electron chi connectivity index (χ1n) is 6.90. The molecule has 0 aliphatic heterocycles. The van der Waals surface area contributed by atoms with Gasteiger partial charge in [0.25, 0.3) is 5.78 Å². The average Bonchev–Trinajstić information content (AvgIpc) is 2.58. The summed E-state index contributed by atoms with van der Waals surface area (Å²) in [6, 6.07) is 19.1. The van der Waals surface area contributed by atoms with E-state index in [0.29, 0.717) is 11.1 Å². The Balaban J connectivity index is 2.67. The number of hydrogen-bond donors (Lipinski definition) is 0. The van der Waals surface area contributed by atoms with Crippen LogP contribution in [0, 0.1) is 11.3 Å². The van der Waals surface area contributed by atoms with Crippen LogP contribution in [-0.4, -0.2) is 18.4 Å². The zero-order chi connectivity index (χ0) is 16.0. The van der Waals surface area contributed by atoms with Crippen LogP contribution in [0.5, 0.6) is 0 Å². The van der Waals surface area contributed by atoms with E-state index in [-0.39, 0.29) is 6.61 Å². The summed E-state index contributed by atoms with van der Waals surface area (Å²) in [4.78, 5) is 24.7. The van der Waals surface area contributed by atoms with Crippen molar-refractivity contribution in [2.45, 2.75) is 12.3 Å². The smallest absolute Gasteiger partial charge is 0.377 e. The van der Waals surface area contributed by atoms with Gasteiger partial charge in [-0.2, -0.15) is 5.26 Å². The monoisotopic (exact) mass is 293 g/mol. The Kier molecular flexibility index (Phi) is 4.70. The minimum atomic E-state index is -1.70. The molecular weight excluding hydrogens is 278 g/mol. The number of carbonyl (C=O) groups excluding carboxylic acids is 2. The number of carbonyl (C=O) groups is 2. The Hall–Kier alpha value is -2.93. The lowest BCUT2D eigenvalue weighted by molar-refractivity contribution is -0.154. The number of nitrogens with zero attached hydrogens (tertiary/aromatic N) is 1. The van der Waals surface area contributed by atoms with Crippen molar-refractivity contribution in [1.82, 2.24) is 0 Å². The first-order chi connectivity index (χ1) is 10.7. The topological polar surface area (TPSA) is 67.2 Å². The number of ketones is 1. The molecule has 2 aromatic carbocycles. The minimum Gasteiger partial charge on any atom is -0.460 e. The van der Waals surface area contributed by atoms with Crippen molar-refractivity contribution in [1.29, 1.82) is 5.26 Å². The molecular formula is C18H15NO3. The van der Waals surface area contributed by atoms with Gasteiger partial charge in [0.15, 0.2) is 5.41 Å². The van der Waals surface area contributed by atoms with Gasteiger partial charge in [0, 0.05) is 0 Å². The molecule has 0 aliphatic carbocycles. The van der Waals surface area contributed by atoms with Gasteiger partial charge in [-0.25, -0.2) is 4.79 Å². The molecule has 0 fully saturated rings. The van der Waals surface area contributed by atoms with Crippen LogP contribution in [0.1, 0.15) is 18.1 Å². The van der Waals surface area contributed by atoms with Gasteiger partial charge < -0.3 is 4.74 Å². The molecule has 0 N–H and O–H groups in total. The Morgan fingerprint density at radius 3 is 1.82 bits per heavy atom. The molecule has 0 unspecified atom stereocenters. The fourth-order valence-electron chi connectivity index (χ4n) is 2.33. The number of hydrogen-bond acceptors (Lipinski definition) is 4. The molecule has 0 radical (unpaired) electrons. The maximum absolute atomic E-state index is 12.7. The van der Waals surface area contributed by atoms with Crippen molar-refractivity contribution in [2.75, 3.05) is 6.61 Å². The molecule has 4 nitrogen and oxygen atoms in total. The van der Waals surface area contributed by atoms with E-state index in [1.807, 2.05) is 6.07 Å². The summed E-state index contributed by atoms with van der Waals surface area (Å²) in [5, 5.41) is 9.79. The summed E-state index contributed by atoms with van der Waals surface area (Å²) < 4.78 is 4.81. The van der Waals surface area contributed by atoms with Crippen molar-refractivity contribution in [2.24, 2.45) is 0 Å². The van der Waals surface area contributed by atoms with E-state index in [1.54, 1.807) is 67.6 Å². The van der Waals surface area contributed by atoms with Crippen molar-refractivity contribution >= 4 is 11.8 Å². The van der Waals surface area contributed by atoms with E-state index in [4.69, 9.17) is 4.74 Å². The highest BCUT2D eigenvalue weighted by Gasteiger charge is 2.46. The van der Waals surface area contributed by atoms with Crippen LogP contribution in [0.4, 0.5) is 0 Å². The summed E-state index contributed by atoms with van der Waals surface area (Å²) in [5.41, 5.74) is -0.807. The van der Waals surface area contributed by atoms with Gasteiger partial charge in [-0.3, -0.25) is 4.79 Å². The quantitative estimate of drug-likeness (QED) is 0.628. The number of nitriles is 1. The summed E-state index contributed by atoms with van der Waals surface area (Å²) in [5.74, 6) is -1.88. The SMILES string of the molecule is CCOC(=O)C(=O)C(C#N)(c1ccccc1)c1ccccc1. The van der Waals surface area contributed by atoms with E-state index in [1.165, 1.54) is 0 Å². The summed E-state index contributed by atoms with van der Waals surface area (Å²) in [7, 11) is 0. The second kappa shape index (κ2) is 6.68. The van der Waals surface area contributed by atoms with Gasteiger partial charge in [0.1, 0.15) is 0 Å². The molecule has 0 amide bonds. The van der Waals surface area contributed by atoms with Gasteiger partial charge in [-0.15, -0.1) is 0 Å². The zero-order valence-electron chi connectivity index (χ0n) is 12.2. The Morgan fingerprint density at radius 1 is 1.00 bits per heavy atom. The first kappa shape index (κ1) is 15.5. The standard InChI is InChI=1S/C18H15NO3/c1-2-22-17(21)16(20)18(13-19,14-9-5-3-6-10-14)15-11-7-4-8-12-15/h3-12H,2H2,1H3. The lowest BCUT2D eigenvalue weighted by Gasteiger charge is -2.25. The van der Waals surface area contributed by atoms with E-state index >= 15 is 0 Å². The molecule has 0 aromatic heterocycles. The lowest BCUT2D eigenvalue weighted by Crippen LogP contribution is -2.41. The second-order valence-corrected chi connectivity index (χ2v) is 4.64. The van der Waals surface area contributed by atoms with Crippen LogP contribution in [0.3, 0.4) is 0 Å². The second-order valence-electron chi connectivity index (χ2n) is 4.64. The van der Waals surface area contributed by atoms with Crippen molar-refractivity contribution in [3.8, 4) is 6.07 Å². The molecule has 4 heteroatoms. The maximum Gasteiger partial charge on any atom is 0.377 e. The van der Waals surface area contributed by atoms with E-state index < -0.39 is 17.2 Å². The van der Waals surface area contributed by atoms with Gasteiger partial charge >= 0.3 is 5.97 Å². The van der Waals surface area contributed by atoms with Crippen LogP contribution in [0.25, 0.3) is 0 Å². The average molecular weight is 293 g/mol. The summed E-state index contributed by atoms with van der Waals surface area (Å²) >= 11 is 0. The number of rotatable bonds is 5. The highest BCUT2D eigenvalue weighted by atomic mass is 16.5. The minimum absolute atomic E-state index is 0.0790. The molecule has 0 heterocycles. The molecule has 0 spiro atoms. The van der Waals surface area contributed by atoms with Gasteiger partial charge in [-0.1, -0.05) is 60.7 Å². The van der Waals surface area contributed by atoms with Crippen LogP contribution in [0.15, 0.2) is 60.7 Å². The molecule has 0 atom stereocenters. The molecule has 0 aliphatic rings. The van der Waals surface area contributed by atoms with Gasteiger partial charge in [0.05, 0.1) is 12.7 Å².